The average molecular weight is 363 g/mol. The predicted molar refractivity (Wildman–Crippen MR) is 113 cm³/mol. The van der Waals surface area contributed by atoms with Crippen molar-refractivity contribution in [3.8, 4) is 11.3 Å². The zero-order valence-corrected chi connectivity index (χ0v) is 16.9. The highest BCUT2D eigenvalue weighted by Gasteiger charge is 2.14. The maximum absolute atomic E-state index is 5.62. The molecular formula is C24H30N2O. The molecule has 2 aromatic carbocycles. The monoisotopic (exact) mass is 362 g/mol. The minimum Gasteiger partial charge on any atom is -0.379 e. The van der Waals surface area contributed by atoms with Gasteiger partial charge < -0.3 is 4.74 Å². The fourth-order valence-corrected chi connectivity index (χ4v) is 3.23. The summed E-state index contributed by atoms with van der Waals surface area (Å²) >= 11 is 0. The third-order valence-corrected chi connectivity index (χ3v) is 4.66. The highest BCUT2D eigenvalue weighted by Crippen LogP contribution is 2.28. The fourth-order valence-electron chi connectivity index (χ4n) is 3.23. The number of hydrogen-bond acceptors (Lipinski definition) is 3. The second-order valence-electron chi connectivity index (χ2n) is 7.68. The Labute approximate surface area is 162 Å². The molecule has 3 nitrogen and oxygen atoms in total. The van der Waals surface area contributed by atoms with Gasteiger partial charge in [-0.25, -0.2) is 9.97 Å². The van der Waals surface area contributed by atoms with Gasteiger partial charge in [-0.05, 0) is 56.7 Å². The maximum atomic E-state index is 5.62. The first kappa shape index (κ1) is 19.5. The van der Waals surface area contributed by atoms with E-state index in [1.807, 2.05) is 6.07 Å². The molecule has 0 saturated heterocycles. The molecule has 3 rings (SSSR count). The second-order valence-corrected chi connectivity index (χ2v) is 7.68. The van der Waals surface area contributed by atoms with Crippen molar-refractivity contribution in [3.63, 3.8) is 0 Å². The van der Waals surface area contributed by atoms with Crippen LogP contribution >= 0.6 is 0 Å². The first-order valence-electron chi connectivity index (χ1n) is 10.0. The molecule has 0 spiro atoms. The Morgan fingerprint density at radius 3 is 2.33 bits per heavy atom. The lowest BCUT2D eigenvalue weighted by atomic mass is 10.0. The Hall–Kier alpha value is -2.26. The molecule has 0 saturated carbocycles. The van der Waals surface area contributed by atoms with Crippen LogP contribution < -0.4 is 0 Å². The lowest BCUT2D eigenvalue weighted by Gasteiger charge is -2.13. The smallest absolute Gasteiger partial charge is 0.0927 e. The van der Waals surface area contributed by atoms with Gasteiger partial charge >= 0.3 is 0 Å². The third-order valence-electron chi connectivity index (χ3n) is 4.66. The van der Waals surface area contributed by atoms with Gasteiger partial charge in [0, 0.05) is 12.2 Å². The van der Waals surface area contributed by atoms with E-state index in [1.54, 1.807) is 0 Å². The minimum atomic E-state index is 0.314. The molecule has 0 aliphatic carbocycles. The van der Waals surface area contributed by atoms with E-state index >= 15 is 0 Å². The molecule has 0 N–H and O–H groups in total. The number of ether oxygens (including phenoxy) is 1. The molecule has 0 amide bonds. The van der Waals surface area contributed by atoms with E-state index in [0.717, 1.165) is 53.9 Å². The van der Waals surface area contributed by atoms with E-state index in [1.165, 1.54) is 5.56 Å². The topological polar surface area (TPSA) is 35.0 Å². The van der Waals surface area contributed by atoms with Crippen LogP contribution in [0.1, 0.15) is 57.7 Å². The van der Waals surface area contributed by atoms with E-state index in [0.29, 0.717) is 12.0 Å². The highest BCUT2D eigenvalue weighted by molar-refractivity contribution is 5.79. The number of aryl methyl sites for hydroxylation is 1. The van der Waals surface area contributed by atoms with Crippen LogP contribution in [0.2, 0.25) is 0 Å². The summed E-state index contributed by atoms with van der Waals surface area (Å²) in [5.74, 6) is 0.328. The predicted octanol–water partition coefficient (Wildman–Crippen LogP) is 6.17. The number of fused-ring (bicyclic) bond motifs is 1. The number of nitrogens with zero attached hydrogens (tertiary/aromatic N) is 2. The molecule has 0 atom stereocenters. The lowest BCUT2D eigenvalue weighted by Crippen LogP contribution is -2.04. The van der Waals surface area contributed by atoms with Crippen LogP contribution in [0.5, 0.6) is 0 Å². The van der Waals surface area contributed by atoms with Crippen molar-refractivity contribution in [1.29, 1.82) is 0 Å². The van der Waals surface area contributed by atoms with Crippen LogP contribution in [0, 0.1) is 0 Å². The second kappa shape index (κ2) is 9.09. The molecule has 142 valence electrons. The average Bonchev–Trinajstić information content (AvgIpc) is 2.67. The van der Waals surface area contributed by atoms with E-state index < -0.39 is 0 Å². The normalized spacial score (nSPS) is 11.6. The number of aromatic nitrogens is 2. The van der Waals surface area contributed by atoms with Crippen LogP contribution in [0.25, 0.3) is 22.3 Å². The molecule has 1 aromatic heterocycles. The highest BCUT2D eigenvalue weighted by atomic mass is 16.5. The van der Waals surface area contributed by atoms with Crippen LogP contribution in [0.4, 0.5) is 0 Å². The van der Waals surface area contributed by atoms with Gasteiger partial charge in [-0.2, -0.15) is 0 Å². The summed E-state index contributed by atoms with van der Waals surface area (Å²) in [4.78, 5) is 9.95. The van der Waals surface area contributed by atoms with E-state index in [4.69, 9.17) is 14.7 Å². The first-order chi connectivity index (χ1) is 13.0. The van der Waals surface area contributed by atoms with Gasteiger partial charge in [0.25, 0.3) is 0 Å². The molecule has 27 heavy (non-hydrogen) atoms. The standard InChI is InChI=1S/C24H30N2O/c1-17(2)23-24(20-11-6-5-7-12-20)25-21-14-13-19(16-22(21)26-23)10-8-9-15-27-18(3)4/h5-7,11-14,16-18H,8-10,15H2,1-4H3. The largest absolute Gasteiger partial charge is 0.379 e. The number of hydrogen-bond donors (Lipinski definition) is 0. The first-order valence-corrected chi connectivity index (χ1v) is 10.0. The van der Waals surface area contributed by atoms with Crippen molar-refractivity contribution in [2.75, 3.05) is 6.61 Å². The lowest BCUT2D eigenvalue weighted by molar-refractivity contribution is 0.0761. The Balaban J connectivity index is 1.82. The van der Waals surface area contributed by atoms with Gasteiger partial charge in [0.2, 0.25) is 0 Å². The van der Waals surface area contributed by atoms with Gasteiger partial charge in [0.05, 0.1) is 28.5 Å². The SMILES string of the molecule is CC(C)OCCCCc1ccc2nc(-c3ccccc3)c(C(C)C)nc2c1. The Kier molecular flexibility index (Phi) is 6.57. The Morgan fingerprint density at radius 1 is 0.852 bits per heavy atom. The molecule has 3 aromatic rings. The summed E-state index contributed by atoms with van der Waals surface area (Å²) in [7, 11) is 0. The zero-order chi connectivity index (χ0) is 19.2. The van der Waals surface area contributed by atoms with Crippen molar-refractivity contribution in [2.24, 2.45) is 0 Å². The van der Waals surface area contributed by atoms with Gasteiger partial charge in [-0.1, -0.05) is 50.2 Å². The Morgan fingerprint density at radius 2 is 1.63 bits per heavy atom. The molecule has 3 heteroatoms. The fraction of sp³-hybridized carbons (Fsp3) is 0.417. The van der Waals surface area contributed by atoms with E-state index in [9.17, 15) is 0 Å². The van der Waals surface area contributed by atoms with Gasteiger partial charge in [-0.15, -0.1) is 0 Å². The van der Waals surface area contributed by atoms with Gasteiger partial charge in [0.1, 0.15) is 0 Å². The third kappa shape index (κ3) is 5.14. The summed E-state index contributed by atoms with van der Waals surface area (Å²) in [6, 6.07) is 16.8. The van der Waals surface area contributed by atoms with Crippen molar-refractivity contribution in [3.05, 3.63) is 59.8 Å². The molecule has 1 heterocycles. The van der Waals surface area contributed by atoms with Gasteiger partial charge in [-0.3, -0.25) is 0 Å². The molecule has 0 aliphatic rings. The summed E-state index contributed by atoms with van der Waals surface area (Å²) in [5, 5.41) is 0. The Bertz CT molecular complexity index is 872. The summed E-state index contributed by atoms with van der Waals surface area (Å²) in [6.45, 7) is 9.36. The summed E-state index contributed by atoms with van der Waals surface area (Å²) in [6.07, 6.45) is 3.59. The molecular weight excluding hydrogens is 332 g/mol. The van der Waals surface area contributed by atoms with Crippen molar-refractivity contribution < 1.29 is 4.74 Å². The van der Waals surface area contributed by atoms with Crippen molar-refractivity contribution >= 4 is 11.0 Å². The molecule has 0 radical (unpaired) electrons. The zero-order valence-electron chi connectivity index (χ0n) is 16.9. The molecule has 0 aliphatic heterocycles. The molecule has 0 unspecified atom stereocenters. The van der Waals surface area contributed by atoms with E-state index in [-0.39, 0.29) is 0 Å². The summed E-state index contributed by atoms with van der Waals surface area (Å²) < 4.78 is 5.62. The maximum Gasteiger partial charge on any atom is 0.0927 e. The van der Waals surface area contributed by atoms with Crippen molar-refractivity contribution in [2.45, 2.75) is 59.0 Å². The minimum absolute atomic E-state index is 0.314. The van der Waals surface area contributed by atoms with Crippen LogP contribution in [0.15, 0.2) is 48.5 Å². The van der Waals surface area contributed by atoms with Crippen molar-refractivity contribution in [1.82, 2.24) is 9.97 Å². The quantitative estimate of drug-likeness (QED) is 0.450. The molecule has 0 bridgehead atoms. The number of rotatable bonds is 8. The number of unbranched alkanes of at least 4 members (excludes halogenated alkanes) is 1. The van der Waals surface area contributed by atoms with Gasteiger partial charge in [0.15, 0.2) is 0 Å². The van der Waals surface area contributed by atoms with Crippen LogP contribution in [0.3, 0.4) is 0 Å². The number of benzene rings is 2. The van der Waals surface area contributed by atoms with Crippen LogP contribution in [-0.4, -0.2) is 22.7 Å². The summed E-state index contributed by atoms with van der Waals surface area (Å²) in [5.41, 5.74) is 6.47. The molecule has 0 fully saturated rings. The van der Waals surface area contributed by atoms with E-state index in [2.05, 4.69) is 70.2 Å². The van der Waals surface area contributed by atoms with Crippen LogP contribution in [-0.2, 0) is 11.2 Å².